The number of likely N-dealkylation sites (tertiary alicyclic amines) is 1. The van der Waals surface area contributed by atoms with E-state index in [1.165, 1.54) is 11.0 Å². The van der Waals surface area contributed by atoms with Gasteiger partial charge in [0.1, 0.15) is 0 Å². The minimum atomic E-state index is -3.70. The molecule has 2 aromatic rings. The van der Waals surface area contributed by atoms with Crippen LogP contribution in [0.2, 0.25) is 0 Å². The average Bonchev–Trinajstić information content (AvgIpc) is 3.02. The van der Waals surface area contributed by atoms with Crippen LogP contribution < -0.4 is 5.73 Å². The second kappa shape index (κ2) is 7.09. The minimum absolute atomic E-state index is 0.0365. The highest BCUT2D eigenvalue weighted by atomic mass is 32.2. The lowest BCUT2D eigenvalue weighted by Gasteiger charge is -2.17. The Balaban J connectivity index is 1.92. The van der Waals surface area contributed by atoms with Gasteiger partial charge in [-0.25, -0.2) is 8.42 Å². The molecule has 27 heavy (non-hydrogen) atoms. The van der Waals surface area contributed by atoms with Crippen LogP contribution in [-0.2, 0) is 9.84 Å². The summed E-state index contributed by atoms with van der Waals surface area (Å²) in [7, 11) is -3.70. The SMILES string of the molecule is CS(=O)(=O)c1cc(C(=O)N2C[C@@H](N)[C@H](c3ccccc3)C2)cc([N+](=O)[O-])c1. The van der Waals surface area contributed by atoms with E-state index in [9.17, 15) is 23.3 Å². The zero-order valence-corrected chi connectivity index (χ0v) is 15.4. The molecule has 9 heteroatoms. The zero-order valence-electron chi connectivity index (χ0n) is 14.6. The molecule has 8 nitrogen and oxygen atoms in total. The van der Waals surface area contributed by atoms with Crippen molar-refractivity contribution in [1.29, 1.82) is 0 Å². The van der Waals surface area contributed by atoms with Crippen molar-refractivity contribution in [3.05, 3.63) is 69.8 Å². The molecule has 1 heterocycles. The Hall–Kier alpha value is -2.78. The zero-order chi connectivity index (χ0) is 19.8. The number of non-ortho nitro benzene ring substituents is 1. The van der Waals surface area contributed by atoms with Gasteiger partial charge in [-0.1, -0.05) is 30.3 Å². The summed E-state index contributed by atoms with van der Waals surface area (Å²) in [6.07, 6.45) is 0.942. The number of nitrogens with two attached hydrogens (primary N) is 1. The van der Waals surface area contributed by atoms with Crippen LogP contribution in [0.5, 0.6) is 0 Å². The molecule has 0 spiro atoms. The summed E-state index contributed by atoms with van der Waals surface area (Å²) >= 11 is 0. The molecule has 0 unspecified atom stereocenters. The van der Waals surface area contributed by atoms with Gasteiger partial charge < -0.3 is 10.6 Å². The maximum absolute atomic E-state index is 12.9. The Bertz CT molecular complexity index is 991. The predicted molar refractivity (Wildman–Crippen MR) is 99.3 cm³/mol. The molecular formula is C18H19N3O5S. The molecular weight excluding hydrogens is 370 g/mol. The molecule has 0 radical (unpaired) electrons. The van der Waals surface area contributed by atoms with E-state index in [1.807, 2.05) is 30.3 Å². The van der Waals surface area contributed by atoms with Crippen molar-refractivity contribution < 1.29 is 18.1 Å². The number of carbonyl (C=O) groups excluding carboxylic acids is 1. The van der Waals surface area contributed by atoms with Crippen molar-refractivity contribution in [1.82, 2.24) is 4.90 Å². The maximum atomic E-state index is 12.9. The normalized spacial score (nSPS) is 19.9. The summed E-state index contributed by atoms with van der Waals surface area (Å²) in [4.78, 5) is 24.5. The lowest BCUT2D eigenvalue weighted by molar-refractivity contribution is -0.385. The third-order valence-electron chi connectivity index (χ3n) is 4.66. The van der Waals surface area contributed by atoms with Crippen molar-refractivity contribution >= 4 is 21.4 Å². The van der Waals surface area contributed by atoms with Crippen LogP contribution in [0.1, 0.15) is 21.8 Å². The van der Waals surface area contributed by atoms with Crippen molar-refractivity contribution in [2.24, 2.45) is 5.73 Å². The molecule has 142 valence electrons. The van der Waals surface area contributed by atoms with E-state index in [4.69, 9.17) is 5.73 Å². The number of hydrogen-bond acceptors (Lipinski definition) is 6. The molecule has 2 atom stereocenters. The average molecular weight is 389 g/mol. The lowest BCUT2D eigenvalue weighted by Crippen LogP contribution is -2.32. The number of nitrogens with zero attached hydrogens (tertiary/aromatic N) is 2. The van der Waals surface area contributed by atoms with Crippen LogP contribution in [0.15, 0.2) is 53.4 Å². The molecule has 1 aliphatic heterocycles. The van der Waals surface area contributed by atoms with Crippen LogP contribution in [0.4, 0.5) is 5.69 Å². The number of amides is 1. The topological polar surface area (TPSA) is 124 Å². The number of sulfone groups is 1. The summed E-state index contributed by atoms with van der Waals surface area (Å²) in [5.74, 6) is -0.527. The highest BCUT2D eigenvalue weighted by Gasteiger charge is 2.35. The van der Waals surface area contributed by atoms with E-state index < -0.39 is 26.4 Å². The van der Waals surface area contributed by atoms with Crippen molar-refractivity contribution in [2.45, 2.75) is 16.9 Å². The Kier molecular flexibility index (Phi) is 4.99. The van der Waals surface area contributed by atoms with Gasteiger partial charge in [-0.05, 0) is 11.6 Å². The first kappa shape index (κ1) is 19.0. The Labute approximate surface area is 156 Å². The molecule has 0 aliphatic carbocycles. The Morgan fingerprint density at radius 2 is 1.85 bits per heavy atom. The molecule has 1 saturated heterocycles. The van der Waals surface area contributed by atoms with Crippen LogP contribution in [0.3, 0.4) is 0 Å². The second-order valence-corrected chi connectivity index (χ2v) is 8.65. The monoisotopic (exact) mass is 389 g/mol. The van der Waals surface area contributed by atoms with Crippen LogP contribution >= 0.6 is 0 Å². The first-order valence-corrected chi connectivity index (χ1v) is 10.2. The van der Waals surface area contributed by atoms with E-state index in [2.05, 4.69) is 0 Å². The van der Waals surface area contributed by atoms with Gasteiger partial charge in [-0.3, -0.25) is 14.9 Å². The van der Waals surface area contributed by atoms with Crippen molar-refractivity contribution in [3.8, 4) is 0 Å². The van der Waals surface area contributed by atoms with Gasteiger partial charge in [0.15, 0.2) is 9.84 Å². The maximum Gasteiger partial charge on any atom is 0.271 e. The van der Waals surface area contributed by atoms with Gasteiger partial charge in [0.25, 0.3) is 11.6 Å². The van der Waals surface area contributed by atoms with Crippen LogP contribution in [0.25, 0.3) is 0 Å². The fourth-order valence-corrected chi connectivity index (χ4v) is 3.93. The summed E-state index contributed by atoms with van der Waals surface area (Å²) in [5.41, 5.74) is 6.73. The highest BCUT2D eigenvalue weighted by molar-refractivity contribution is 7.90. The minimum Gasteiger partial charge on any atom is -0.336 e. The quantitative estimate of drug-likeness (QED) is 0.625. The van der Waals surface area contributed by atoms with Crippen molar-refractivity contribution in [3.63, 3.8) is 0 Å². The third-order valence-corrected chi connectivity index (χ3v) is 5.75. The van der Waals surface area contributed by atoms with Gasteiger partial charge in [-0.2, -0.15) is 0 Å². The van der Waals surface area contributed by atoms with Gasteiger partial charge in [0, 0.05) is 49.0 Å². The number of rotatable bonds is 4. The standard InChI is InChI=1S/C18H19N3O5S/c1-27(25,26)15-8-13(7-14(9-15)21(23)24)18(22)20-10-16(17(19)11-20)12-5-3-2-4-6-12/h2-9,16-17H,10-11,19H2,1H3/t16-,17+/m0/s1. The molecule has 3 rings (SSSR count). The van der Waals surface area contributed by atoms with Gasteiger partial charge in [0.2, 0.25) is 0 Å². The molecule has 2 aromatic carbocycles. The fourth-order valence-electron chi connectivity index (χ4n) is 3.26. The number of nitro groups is 1. The van der Waals surface area contributed by atoms with E-state index in [-0.39, 0.29) is 29.0 Å². The van der Waals surface area contributed by atoms with E-state index in [1.54, 1.807) is 0 Å². The second-order valence-electron chi connectivity index (χ2n) is 6.64. The molecule has 1 aliphatic rings. The first-order valence-electron chi connectivity index (χ1n) is 8.26. The predicted octanol–water partition coefficient (Wildman–Crippen LogP) is 1.57. The largest absolute Gasteiger partial charge is 0.336 e. The number of nitro benzene ring substituents is 1. The lowest BCUT2D eigenvalue weighted by atomic mass is 9.95. The molecule has 1 amide bonds. The molecule has 1 fully saturated rings. The van der Waals surface area contributed by atoms with E-state index in [0.717, 1.165) is 24.0 Å². The summed E-state index contributed by atoms with van der Waals surface area (Å²) in [5, 5.41) is 11.1. The Morgan fingerprint density at radius 3 is 2.44 bits per heavy atom. The summed E-state index contributed by atoms with van der Waals surface area (Å²) in [6, 6.07) is 12.5. The first-order chi connectivity index (χ1) is 12.7. The molecule has 2 N–H and O–H groups in total. The smallest absolute Gasteiger partial charge is 0.271 e. The van der Waals surface area contributed by atoms with Crippen molar-refractivity contribution in [2.75, 3.05) is 19.3 Å². The summed E-state index contributed by atoms with van der Waals surface area (Å²) < 4.78 is 23.7. The Morgan fingerprint density at radius 1 is 1.19 bits per heavy atom. The fraction of sp³-hybridized carbons (Fsp3) is 0.278. The number of carbonyl (C=O) groups is 1. The molecule has 0 aromatic heterocycles. The molecule has 0 saturated carbocycles. The highest BCUT2D eigenvalue weighted by Crippen LogP contribution is 2.29. The van der Waals surface area contributed by atoms with Crippen LogP contribution in [0, 0.1) is 10.1 Å². The van der Waals surface area contributed by atoms with Gasteiger partial charge >= 0.3 is 0 Å². The van der Waals surface area contributed by atoms with Gasteiger partial charge in [0.05, 0.1) is 9.82 Å². The van der Waals surface area contributed by atoms with E-state index in [0.29, 0.717) is 6.54 Å². The number of benzene rings is 2. The van der Waals surface area contributed by atoms with Crippen LogP contribution in [-0.4, -0.2) is 49.5 Å². The van der Waals surface area contributed by atoms with Gasteiger partial charge in [-0.15, -0.1) is 0 Å². The molecule has 0 bridgehead atoms. The van der Waals surface area contributed by atoms with E-state index >= 15 is 0 Å². The third kappa shape index (κ3) is 3.99. The number of hydrogen-bond donors (Lipinski definition) is 1. The summed E-state index contributed by atoms with van der Waals surface area (Å²) in [6.45, 7) is 0.649.